The van der Waals surface area contributed by atoms with Gasteiger partial charge in [0.25, 0.3) is 0 Å². The van der Waals surface area contributed by atoms with E-state index in [9.17, 15) is 5.11 Å². The molecule has 16 heavy (non-hydrogen) atoms. The summed E-state index contributed by atoms with van der Waals surface area (Å²) in [5.74, 6) is 0.0683. The minimum Gasteiger partial charge on any atom is -0.391 e. The van der Waals surface area contributed by atoms with Gasteiger partial charge in [-0.05, 0) is 12.0 Å². The SMILES string of the molecule is N[C@@H](Cc1ccccc1)[C@H](O)C1C=CC=C1. The van der Waals surface area contributed by atoms with Gasteiger partial charge >= 0.3 is 0 Å². The van der Waals surface area contributed by atoms with Crippen LogP contribution >= 0.6 is 0 Å². The number of allylic oxidation sites excluding steroid dienone is 2. The van der Waals surface area contributed by atoms with Crippen LogP contribution in [-0.4, -0.2) is 17.3 Å². The van der Waals surface area contributed by atoms with Crippen molar-refractivity contribution in [2.45, 2.75) is 18.6 Å². The molecule has 2 atom stereocenters. The summed E-state index contributed by atoms with van der Waals surface area (Å²) in [5.41, 5.74) is 7.18. The van der Waals surface area contributed by atoms with E-state index in [1.54, 1.807) is 0 Å². The zero-order valence-corrected chi connectivity index (χ0v) is 9.16. The van der Waals surface area contributed by atoms with Gasteiger partial charge in [0.1, 0.15) is 0 Å². The molecule has 2 nitrogen and oxygen atoms in total. The average Bonchev–Trinajstić information content (AvgIpc) is 2.83. The molecule has 1 aliphatic carbocycles. The number of aliphatic hydroxyl groups excluding tert-OH is 1. The minimum absolute atomic E-state index is 0.0683. The van der Waals surface area contributed by atoms with E-state index in [2.05, 4.69) is 0 Å². The first-order chi connectivity index (χ1) is 7.77. The van der Waals surface area contributed by atoms with Gasteiger partial charge in [0.2, 0.25) is 0 Å². The number of hydrogen-bond acceptors (Lipinski definition) is 2. The van der Waals surface area contributed by atoms with Crippen molar-refractivity contribution in [3.63, 3.8) is 0 Å². The first-order valence-electron chi connectivity index (χ1n) is 5.60. The third-order valence-corrected chi connectivity index (χ3v) is 2.93. The maximum atomic E-state index is 10.1. The Labute approximate surface area is 96.1 Å². The standard InChI is InChI=1S/C14H17NO/c15-13(10-11-6-2-1-3-7-11)14(16)12-8-4-5-9-12/h1-9,12-14,16H,10,15H2/t13-,14+/m0/s1. The summed E-state index contributed by atoms with van der Waals surface area (Å²) in [7, 11) is 0. The largest absolute Gasteiger partial charge is 0.391 e. The first kappa shape index (κ1) is 11.1. The van der Waals surface area contributed by atoms with Gasteiger partial charge in [0.15, 0.2) is 0 Å². The van der Waals surface area contributed by atoms with Crippen LogP contribution in [0.2, 0.25) is 0 Å². The first-order valence-corrected chi connectivity index (χ1v) is 5.60. The Balaban J connectivity index is 1.95. The van der Waals surface area contributed by atoms with Crippen molar-refractivity contribution < 1.29 is 5.11 Å². The molecule has 0 fully saturated rings. The van der Waals surface area contributed by atoms with Crippen molar-refractivity contribution in [2.75, 3.05) is 0 Å². The van der Waals surface area contributed by atoms with E-state index in [4.69, 9.17) is 5.73 Å². The summed E-state index contributed by atoms with van der Waals surface area (Å²) < 4.78 is 0. The van der Waals surface area contributed by atoms with Gasteiger partial charge in [-0.25, -0.2) is 0 Å². The van der Waals surface area contributed by atoms with Gasteiger partial charge < -0.3 is 10.8 Å². The molecule has 0 unspecified atom stereocenters. The van der Waals surface area contributed by atoms with Crippen LogP contribution in [-0.2, 0) is 6.42 Å². The monoisotopic (exact) mass is 215 g/mol. The fraction of sp³-hybridized carbons (Fsp3) is 0.286. The third-order valence-electron chi connectivity index (χ3n) is 2.93. The lowest BCUT2D eigenvalue weighted by Gasteiger charge is -2.22. The topological polar surface area (TPSA) is 46.2 Å². The molecule has 0 aliphatic heterocycles. The highest BCUT2D eigenvalue weighted by Gasteiger charge is 2.22. The molecule has 84 valence electrons. The summed E-state index contributed by atoms with van der Waals surface area (Å²) in [6.45, 7) is 0. The normalized spacial score (nSPS) is 18.9. The molecule has 0 bridgehead atoms. The molecule has 2 rings (SSSR count). The van der Waals surface area contributed by atoms with Gasteiger partial charge in [-0.1, -0.05) is 54.6 Å². The van der Waals surface area contributed by atoms with Crippen LogP contribution in [0.4, 0.5) is 0 Å². The summed E-state index contributed by atoms with van der Waals surface area (Å²) in [5, 5.41) is 10.1. The Morgan fingerprint density at radius 2 is 1.75 bits per heavy atom. The van der Waals surface area contributed by atoms with E-state index in [0.29, 0.717) is 6.42 Å². The molecule has 3 N–H and O–H groups in total. The molecule has 0 saturated heterocycles. The number of benzene rings is 1. The molecule has 1 aliphatic rings. The van der Waals surface area contributed by atoms with Crippen LogP contribution in [0.3, 0.4) is 0 Å². The summed E-state index contributed by atoms with van der Waals surface area (Å²) in [6.07, 6.45) is 8.06. The molecule has 0 saturated carbocycles. The van der Waals surface area contributed by atoms with Gasteiger partial charge in [-0.2, -0.15) is 0 Å². The fourth-order valence-corrected chi connectivity index (χ4v) is 1.97. The van der Waals surface area contributed by atoms with E-state index in [-0.39, 0.29) is 12.0 Å². The summed E-state index contributed by atoms with van der Waals surface area (Å²) in [4.78, 5) is 0. The average molecular weight is 215 g/mol. The van der Waals surface area contributed by atoms with Crippen molar-refractivity contribution in [2.24, 2.45) is 11.7 Å². The molecule has 0 radical (unpaired) electrons. The molecule has 1 aromatic rings. The van der Waals surface area contributed by atoms with E-state index in [0.717, 1.165) is 0 Å². The van der Waals surface area contributed by atoms with Crippen molar-refractivity contribution in [1.82, 2.24) is 0 Å². The lowest BCUT2D eigenvalue weighted by Crippen LogP contribution is -2.40. The predicted octanol–water partition coefficient (Wildman–Crippen LogP) is 1.66. The smallest absolute Gasteiger partial charge is 0.0791 e. The third kappa shape index (κ3) is 2.60. The molecule has 0 amide bonds. The second kappa shape index (κ2) is 5.10. The molecule has 0 aromatic heterocycles. The molecular formula is C14H17NO. The molecule has 2 heteroatoms. The number of aliphatic hydroxyl groups is 1. The number of rotatable bonds is 4. The molecular weight excluding hydrogens is 198 g/mol. The number of nitrogens with two attached hydrogens (primary N) is 1. The maximum absolute atomic E-state index is 10.1. The molecule has 1 aromatic carbocycles. The van der Waals surface area contributed by atoms with Crippen molar-refractivity contribution in [3.05, 3.63) is 60.2 Å². The maximum Gasteiger partial charge on any atom is 0.0791 e. The predicted molar refractivity (Wildman–Crippen MR) is 65.9 cm³/mol. The Hall–Kier alpha value is -1.38. The Bertz CT molecular complexity index is 371. The summed E-state index contributed by atoms with van der Waals surface area (Å²) in [6, 6.07) is 9.81. The zero-order valence-electron chi connectivity index (χ0n) is 9.16. The second-order valence-electron chi connectivity index (χ2n) is 4.19. The second-order valence-corrected chi connectivity index (χ2v) is 4.19. The Morgan fingerprint density at radius 3 is 2.38 bits per heavy atom. The van der Waals surface area contributed by atoms with Crippen LogP contribution in [0.15, 0.2) is 54.6 Å². The van der Waals surface area contributed by atoms with Crippen LogP contribution < -0.4 is 5.73 Å². The molecule has 0 heterocycles. The Morgan fingerprint density at radius 1 is 1.12 bits per heavy atom. The fourth-order valence-electron chi connectivity index (χ4n) is 1.97. The van der Waals surface area contributed by atoms with E-state index < -0.39 is 6.10 Å². The van der Waals surface area contributed by atoms with Crippen LogP contribution in [0.1, 0.15) is 5.56 Å². The lowest BCUT2D eigenvalue weighted by atomic mass is 9.93. The van der Waals surface area contributed by atoms with E-state index >= 15 is 0 Å². The van der Waals surface area contributed by atoms with Crippen molar-refractivity contribution in [1.29, 1.82) is 0 Å². The van der Waals surface area contributed by atoms with Crippen LogP contribution in [0.25, 0.3) is 0 Å². The van der Waals surface area contributed by atoms with Gasteiger partial charge in [0.05, 0.1) is 6.10 Å². The van der Waals surface area contributed by atoms with Crippen molar-refractivity contribution in [3.8, 4) is 0 Å². The van der Waals surface area contributed by atoms with Gasteiger partial charge in [0, 0.05) is 12.0 Å². The quantitative estimate of drug-likeness (QED) is 0.802. The zero-order chi connectivity index (χ0) is 11.4. The van der Waals surface area contributed by atoms with Crippen LogP contribution in [0, 0.1) is 5.92 Å². The highest BCUT2D eigenvalue weighted by atomic mass is 16.3. The van der Waals surface area contributed by atoms with Crippen LogP contribution in [0.5, 0.6) is 0 Å². The Kier molecular flexibility index (Phi) is 3.54. The molecule has 0 spiro atoms. The summed E-state index contributed by atoms with van der Waals surface area (Å²) >= 11 is 0. The highest BCUT2D eigenvalue weighted by Crippen LogP contribution is 2.17. The van der Waals surface area contributed by atoms with E-state index in [1.165, 1.54) is 5.56 Å². The highest BCUT2D eigenvalue weighted by molar-refractivity contribution is 5.21. The minimum atomic E-state index is -0.504. The number of hydrogen-bond donors (Lipinski definition) is 2. The van der Waals surface area contributed by atoms with Crippen molar-refractivity contribution >= 4 is 0 Å². The lowest BCUT2D eigenvalue weighted by molar-refractivity contribution is 0.120. The van der Waals surface area contributed by atoms with Gasteiger partial charge in [-0.15, -0.1) is 0 Å². The van der Waals surface area contributed by atoms with Gasteiger partial charge in [-0.3, -0.25) is 0 Å². The van der Waals surface area contributed by atoms with E-state index in [1.807, 2.05) is 54.6 Å².